The molecule has 0 saturated carbocycles. The average molecular weight is 246 g/mol. The fraction of sp³-hybridized carbons (Fsp3) is 0.182. The van der Waals surface area contributed by atoms with E-state index in [0.29, 0.717) is 5.56 Å². The molecule has 0 spiro atoms. The molecule has 1 rings (SSSR count). The Morgan fingerprint density at radius 2 is 2.06 bits per heavy atom. The van der Waals surface area contributed by atoms with Gasteiger partial charge in [0.15, 0.2) is 0 Å². The Kier molecular flexibility index (Phi) is 3.77. The van der Waals surface area contributed by atoms with Gasteiger partial charge in [-0.3, -0.25) is 0 Å². The van der Waals surface area contributed by atoms with Crippen molar-refractivity contribution in [3.63, 3.8) is 0 Å². The number of hydrogen-bond acceptors (Lipinski definition) is 2. The lowest BCUT2D eigenvalue weighted by atomic mass is 10.1. The summed E-state index contributed by atoms with van der Waals surface area (Å²) in [4.78, 5) is 10.3. The van der Waals surface area contributed by atoms with Crippen molar-refractivity contribution in [1.29, 1.82) is 0 Å². The standard InChI is InChI=1S/C11H9F3O3/c1-7-3-2-4-9(17-11(12,13)14)8(7)5-6-10(15)16/h2-6H,1H3,(H,15,16)/b6-5+. The third kappa shape index (κ3) is 4.18. The van der Waals surface area contributed by atoms with Crippen LogP contribution in [-0.2, 0) is 4.79 Å². The Morgan fingerprint density at radius 1 is 1.41 bits per heavy atom. The number of ether oxygens (including phenoxy) is 1. The van der Waals surface area contributed by atoms with Gasteiger partial charge in [0.2, 0.25) is 0 Å². The molecule has 0 aliphatic carbocycles. The predicted molar refractivity (Wildman–Crippen MR) is 54.5 cm³/mol. The van der Waals surface area contributed by atoms with Crippen molar-refractivity contribution in [1.82, 2.24) is 0 Å². The Labute approximate surface area is 95.1 Å². The summed E-state index contributed by atoms with van der Waals surface area (Å²) in [5.74, 6) is -1.67. The molecule has 0 saturated heterocycles. The normalized spacial score (nSPS) is 11.8. The van der Waals surface area contributed by atoms with E-state index in [2.05, 4.69) is 4.74 Å². The number of halogens is 3. The summed E-state index contributed by atoms with van der Waals surface area (Å²) in [6.45, 7) is 1.56. The van der Waals surface area contributed by atoms with Crippen molar-refractivity contribution in [2.45, 2.75) is 13.3 Å². The van der Waals surface area contributed by atoms with E-state index in [-0.39, 0.29) is 5.56 Å². The van der Waals surface area contributed by atoms with Gasteiger partial charge in [0.1, 0.15) is 5.75 Å². The van der Waals surface area contributed by atoms with E-state index in [4.69, 9.17) is 5.11 Å². The molecule has 1 N–H and O–H groups in total. The van der Waals surface area contributed by atoms with Crippen LogP contribution in [0.15, 0.2) is 24.3 Å². The third-order valence-electron chi connectivity index (χ3n) is 1.90. The number of rotatable bonds is 3. The molecule has 0 heterocycles. The number of carboxylic acid groups (broad SMARTS) is 1. The van der Waals surface area contributed by atoms with Crippen molar-refractivity contribution in [2.24, 2.45) is 0 Å². The topological polar surface area (TPSA) is 46.5 Å². The van der Waals surface area contributed by atoms with Gasteiger partial charge in [0.05, 0.1) is 0 Å². The molecule has 0 unspecified atom stereocenters. The molecular formula is C11H9F3O3. The molecule has 92 valence electrons. The van der Waals surface area contributed by atoms with Gasteiger partial charge in [-0.1, -0.05) is 12.1 Å². The van der Waals surface area contributed by atoms with Gasteiger partial charge in [-0.05, 0) is 24.6 Å². The second-order valence-corrected chi connectivity index (χ2v) is 3.21. The van der Waals surface area contributed by atoms with Gasteiger partial charge in [-0.15, -0.1) is 13.2 Å². The van der Waals surface area contributed by atoms with Crippen molar-refractivity contribution in [2.75, 3.05) is 0 Å². The van der Waals surface area contributed by atoms with Crippen LogP contribution in [-0.4, -0.2) is 17.4 Å². The molecule has 3 nitrogen and oxygen atoms in total. The minimum Gasteiger partial charge on any atom is -0.478 e. The first-order valence-electron chi connectivity index (χ1n) is 4.56. The SMILES string of the molecule is Cc1cccc(OC(F)(F)F)c1/C=C/C(=O)O. The molecule has 17 heavy (non-hydrogen) atoms. The van der Waals surface area contributed by atoms with E-state index in [0.717, 1.165) is 18.2 Å². The Morgan fingerprint density at radius 3 is 2.59 bits per heavy atom. The summed E-state index contributed by atoms with van der Waals surface area (Å²) in [6.07, 6.45) is -2.98. The molecule has 0 aromatic heterocycles. The van der Waals surface area contributed by atoms with Crippen LogP contribution >= 0.6 is 0 Å². The van der Waals surface area contributed by atoms with Crippen molar-refractivity contribution >= 4 is 12.0 Å². The summed E-state index contributed by atoms with van der Waals surface area (Å²) in [7, 11) is 0. The lowest BCUT2D eigenvalue weighted by Gasteiger charge is -2.12. The van der Waals surface area contributed by atoms with E-state index < -0.39 is 18.1 Å². The maximum absolute atomic E-state index is 12.1. The van der Waals surface area contributed by atoms with E-state index in [1.54, 1.807) is 13.0 Å². The molecule has 0 atom stereocenters. The predicted octanol–water partition coefficient (Wildman–Crippen LogP) is 2.99. The number of carbonyl (C=O) groups is 1. The molecular weight excluding hydrogens is 237 g/mol. The first kappa shape index (κ1) is 13.1. The van der Waals surface area contributed by atoms with Gasteiger partial charge in [-0.25, -0.2) is 4.79 Å². The molecule has 0 amide bonds. The van der Waals surface area contributed by atoms with E-state index in [1.807, 2.05) is 0 Å². The summed E-state index contributed by atoms with van der Waals surface area (Å²) in [6, 6.07) is 4.08. The van der Waals surface area contributed by atoms with E-state index >= 15 is 0 Å². The molecule has 6 heteroatoms. The number of carboxylic acids is 1. The quantitative estimate of drug-likeness (QED) is 0.834. The van der Waals surface area contributed by atoms with Crippen LogP contribution in [0.2, 0.25) is 0 Å². The molecule has 1 aromatic rings. The van der Waals surface area contributed by atoms with Gasteiger partial charge in [0.25, 0.3) is 0 Å². The number of hydrogen-bond donors (Lipinski definition) is 1. The highest BCUT2D eigenvalue weighted by molar-refractivity contribution is 5.86. The van der Waals surface area contributed by atoms with Gasteiger partial charge in [0, 0.05) is 11.6 Å². The monoisotopic (exact) mass is 246 g/mol. The highest BCUT2D eigenvalue weighted by Crippen LogP contribution is 2.29. The average Bonchev–Trinajstić information content (AvgIpc) is 2.13. The zero-order valence-corrected chi connectivity index (χ0v) is 8.78. The Hall–Kier alpha value is -1.98. The zero-order chi connectivity index (χ0) is 13.1. The van der Waals surface area contributed by atoms with Crippen LogP contribution in [0.3, 0.4) is 0 Å². The number of benzene rings is 1. The lowest BCUT2D eigenvalue weighted by Crippen LogP contribution is -2.17. The van der Waals surface area contributed by atoms with Crippen molar-refractivity contribution < 1.29 is 27.8 Å². The molecule has 0 fully saturated rings. The summed E-state index contributed by atoms with van der Waals surface area (Å²) in [5, 5.41) is 8.44. The number of aryl methyl sites for hydroxylation is 1. The summed E-state index contributed by atoms with van der Waals surface area (Å²) in [5.41, 5.74) is 0.580. The Balaban J connectivity index is 3.13. The van der Waals surface area contributed by atoms with Crippen LogP contribution in [0.25, 0.3) is 6.08 Å². The molecule has 0 aliphatic heterocycles. The van der Waals surface area contributed by atoms with Crippen LogP contribution < -0.4 is 4.74 Å². The minimum absolute atomic E-state index is 0.0900. The largest absolute Gasteiger partial charge is 0.573 e. The highest BCUT2D eigenvalue weighted by atomic mass is 19.4. The molecule has 0 bridgehead atoms. The van der Waals surface area contributed by atoms with Gasteiger partial charge < -0.3 is 9.84 Å². The second kappa shape index (κ2) is 4.90. The van der Waals surface area contributed by atoms with Gasteiger partial charge >= 0.3 is 12.3 Å². The number of alkyl halides is 3. The van der Waals surface area contributed by atoms with Crippen LogP contribution in [0.4, 0.5) is 13.2 Å². The molecule has 1 aromatic carbocycles. The Bertz CT molecular complexity index is 450. The first-order chi connectivity index (χ1) is 7.79. The zero-order valence-electron chi connectivity index (χ0n) is 8.78. The lowest BCUT2D eigenvalue weighted by molar-refractivity contribution is -0.274. The van der Waals surface area contributed by atoms with Crippen LogP contribution in [0, 0.1) is 6.92 Å². The van der Waals surface area contributed by atoms with Crippen LogP contribution in [0.5, 0.6) is 5.75 Å². The fourth-order valence-electron chi connectivity index (χ4n) is 1.24. The maximum atomic E-state index is 12.1. The second-order valence-electron chi connectivity index (χ2n) is 3.21. The smallest absolute Gasteiger partial charge is 0.478 e. The third-order valence-corrected chi connectivity index (χ3v) is 1.90. The fourth-order valence-corrected chi connectivity index (χ4v) is 1.24. The highest BCUT2D eigenvalue weighted by Gasteiger charge is 2.32. The molecule has 0 radical (unpaired) electrons. The van der Waals surface area contributed by atoms with E-state index in [1.165, 1.54) is 6.07 Å². The van der Waals surface area contributed by atoms with Crippen molar-refractivity contribution in [3.05, 3.63) is 35.4 Å². The first-order valence-corrected chi connectivity index (χ1v) is 4.56. The summed E-state index contributed by atoms with van der Waals surface area (Å²) >= 11 is 0. The van der Waals surface area contributed by atoms with Crippen molar-refractivity contribution in [3.8, 4) is 5.75 Å². The molecule has 0 aliphatic rings. The van der Waals surface area contributed by atoms with Crippen LogP contribution in [0.1, 0.15) is 11.1 Å². The van der Waals surface area contributed by atoms with Gasteiger partial charge in [-0.2, -0.15) is 0 Å². The maximum Gasteiger partial charge on any atom is 0.573 e. The van der Waals surface area contributed by atoms with E-state index in [9.17, 15) is 18.0 Å². The number of aliphatic carboxylic acids is 1. The summed E-state index contributed by atoms with van der Waals surface area (Å²) < 4.78 is 40.1. The minimum atomic E-state index is -4.81.